The Balaban J connectivity index is 1.88. The lowest BCUT2D eigenvalue weighted by Gasteiger charge is -2.24. The van der Waals surface area contributed by atoms with Crippen LogP contribution in [0.2, 0.25) is 0 Å². The molecule has 0 saturated heterocycles. The Morgan fingerprint density at radius 2 is 1.93 bits per heavy atom. The number of Topliss-reactive ketones (excluding diaryl/α,β-unsaturated/α-hetero) is 1. The number of thiazole rings is 2. The number of ether oxygens (including phenoxy) is 1. The van der Waals surface area contributed by atoms with Gasteiger partial charge in [-0.05, 0) is 5.92 Å². The van der Waals surface area contributed by atoms with E-state index in [1.54, 1.807) is 30.1 Å². The van der Waals surface area contributed by atoms with Crippen molar-refractivity contribution < 1.29 is 19.1 Å². The van der Waals surface area contributed by atoms with E-state index in [0.717, 1.165) is 15.6 Å². The molecule has 1 atom stereocenters. The van der Waals surface area contributed by atoms with Crippen LogP contribution in [0.5, 0.6) is 0 Å². The lowest BCUT2D eigenvalue weighted by molar-refractivity contribution is -0.147. The number of carbonyl (C=O) groups is 3. The van der Waals surface area contributed by atoms with Crippen molar-refractivity contribution in [3.63, 3.8) is 0 Å². The summed E-state index contributed by atoms with van der Waals surface area (Å²) in [5.41, 5.74) is 2.45. The second-order valence-corrected chi connectivity index (χ2v) is 9.49. The highest BCUT2D eigenvalue weighted by Gasteiger charge is 2.27. The van der Waals surface area contributed by atoms with Gasteiger partial charge in [0.05, 0.1) is 33.7 Å². The molecule has 1 N–H and O–H groups in total. The topological polar surface area (TPSA) is 101 Å². The maximum atomic E-state index is 12.6. The van der Waals surface area contributed by atoms with E-state index in [1.807, 2.05) is 19.2 Å². The molecule has 0 fully saturated rings. The number of ketones is 1. The summed E-state index contributed by atoms with van der Waals surface area (Å²) in [5, 5.41) is 5.69. The Bertz CT molecular complexity index is 849. The zero-order valence-electron chi connectivity index (χ0n) is 17.9. The van der Waals surface area contributed by atoms with E-state index in [-0.39, 0.29) is 24.3 Å². The average molecular weight is 453 g/mol. The van der Waals surface area contributed by atoms with Crippen LogP contribution in [0.25, 0.3) is 0 Å². The molecule has 0 saturated carbocycles. The Kier molecular flexibility index (Phi) is 8.91. The summed E-state index contributed by atoms with van der Waals surface area (Å²) >= 11 is 2.94. The van der Waals surface area contributed by atoms with Crippen LogP contribution in [0.4, 0.5) is 4.79 Å². The molecular formula is C20H28N4O4S2. The van der Waals surface area contributed by atoms with Crippen LogP contribution < -0.4 is 5.32 Å². The third-order valence-corrected chi connectivity index (χ3v) is 6.23. The fraction of sp³-hybridized carbons (Fsp3) is 0.550. The SMILES string of the molecule is CC(C)c1nc(CN(C)C(=O)N[C@H](C(=O)CC(=O)OCc2cncs2)C(C)C)cs1. The van der Waals surface area contributed by atoms with Gasteiger partial charge >= 0.3 is 12.0 Å². The predicted octanol–water partition coefficient (Wildman–Crippen LogP) is 3.59. The number of hydrogen-bond acceptors (Lipinski definition) is 8. The molecule has 2 amide bonds. The molecule has 0 aliphatic heterocycles. The maximum absolute atomic E-state index is 12.6. The van der Waals surface area contributed by atoms with Gasteiger partial charge in [-0.2, -0.15) is 0 Å². The molecule has 0 spiro atoms. The van der Waals surface area contributed by atoms with Crippen LogP contribution in [0.15, 0.2) is 17.1 Å². The highest BCUT2D eigenvalue weighted by atomic mass is 32.1. The van der Waals surface area contributed by atoms with E-state index >= 15 is 0 Å². The molecule has 8 nitrogen and oxygen atoms in total. The fourth-order valence-corrected chi connectivity index (χ4v) is 3.94. The summed E-state index contributed by atoms with van der Waals surface area (Å²) in [6.07, 6.45) is 1.22. The lowest BCUT2D eigenvalue weighted by atomic mass is 9.98. The summed E-state index contributed by atoms with van der Waals surface area (Å²) < 4.78 is 5.12. The molecule has 2 rings (SSSR count). The van der Waals surface area contributed by atoms with Crippen molar-refractivity contribution in [3.05, 3.63) is 32.7 Å². The average Bonchev–Trinajstić information content (AvgIpc) is 3.35. The molecule has 2 aromatic heterocycles. The predicted molar refractivity (Wildman–Crippen MR) is 116 cm³/mol. The molecule has 2 heterocycles. The normalized spacial score (nSPS) is 12.1. The zero-order chi connectivity index (χ0) is 22.3. The summed E-state index contributed by atoms with van der Waals surface area (Å²) in [6, 6.07) is -1.17. The van der Waals surface area contributed by atoms with Crippen LogP contribution in [0.1, 0.15) is 55.6 Å². The molecular weight excluding hydrogens is 424 g/mol. The van der Waals surface area contributed by atoms with Gasteiger partial charge in [0.15, 0.2) is 5.78 Å². The first-order valence-corrected chi connectivity index (χ1v) is 11.4. The summed E-state index contributed by atoms with van der Waals surface area (Å²) in [4.78, 5) is 47.9. The molecule has 0 unspecified atom stereocenters. The molecule has 30 heavy (non-hydrogen) atoms. The van der Waals surface area contributed by atoms with Crippen molar-refractivity contribution in [2.75, 3.05) is 7.05 Å². The smallest absolute Gasteiger partial charge is 0.318 e. The second-order valence-electron chi connectivity index (χ2n) is 7.63. The Morgan fingerprint density at radius 3 is 2.50 bits per heavy atom. The van der Waals surface area contributed by atoms with Gasteiger partial charge in [0.2, 0.25) is 0 Å². The number of esters is 1. The molecule has 0 bridgehead atoms. The van der Waals surface area contributed by atoms with Gasteiger partial charge in [-0.1, -0.05) is 27.7 Å². The highest BCUT2D eigenvalue weighted by molar-refractivity contribution is 7.09. The number of nitrogens with one attached hydrogen (secondary N) is 1. The molecule has 10 heteroatoms. The molecule has 0 aliphatic rings. The third kappa shape index (κ3) is 7.17. The first kappa shape index (κ1) is 23.9. The number of amides is 2. The Labute approximate surface area is 184 Å². The molecule has 2 aromatic rings. The fourth-order valence-electron chi connectivity index (χ4n) is 2.61. The van der Waals surface area contributed by atoms with E-state index in [2.05, 4.69) is 29.1 Å². The largest absolute Gasteiger partial charge is 0.460 e. The van der Waals surface area contributed by atoms with Gasteiger partial charge in [0, 0.05) is 24.5 Å². The minimum atomic E-state index is -0.780. The first-order chi connectivity index (χ1) is 14.2. The first-order valence-electron chi connectivity index (χ1n) is 9.69. The van der Waals surface area contributed by atoms with Crippen LogP contribution in [-0.2, 0) is 27.5 Å². The number of aromatic nitrogens is 2. The zero-order valence-corrected chi connectivity index (χ0v) is 19.5. The summed E-state index contributed by atoms with van der Waals surface area (Å²) in [7, 11) is 1.65. The van der Waals surface area contributed by atoms with Gasteiger partial charge < -0.3 is 15.0 Å². The van der Waals surface area contributed by atoms with E-state index in [1.165, 1.54) is 16.2 Å². The van der Waals surface area contributed by atoms with Crippen molar-refractivity contribution in [2.24, 2.45) is 5.92 Å². The molecule has 164 valence electrons. The van der Waals surface area contributed by atoms with Gasteiger partial charge in [-0.3, -0.25) is 14.6 Å². The number of rotatable bonds is 10. The molecule has 0 aromatic carbocycles. The van der Waals surface area contributed by atoms with Crippen molar-refractivity contribution >= 4 is 40.5 Å². The van der Waals surface area contributed by atoms with Crippen molar-refractivity contribution in [3.8, 4) is 0 Å². The highest BCUT2D eigenvalue weighted by Crippen LogP contribution is 2.20. The standard InChI is InChI=1S/C20H28N4O4S2/c1-12(2)18(16(25)6-17(26)28-9-15-7-21-11-30-15)23-20(27)24(5)8-14-10-29-19(22-14)13(3)4/h7,10-13,18H,6,8-9H2,1-5H3,(H,23,27)/t18-/m0/s1. The van der Waals surface area contributed by atoms with E-state index in [0.29, 0.717) is 12.5 Å². The van der Waals surface area contributed by atoms with Gasteiger partial charge in [0.1, 0.15) is 13.0 Å². The van der Waals surface area contributed by atoms with Gasteiger partial charge in [0.25, 0.3) is 0 Å². The summed E-state index contributed by atoms with van der Waals surface area (Å²) in [5.74, 6) is -0.834. The molecule has 0 aliphatic carbocycles. The lowest BCUT2D eigenvalue weighted by Crippen LogP contribution is -2.49. The monoisotopic (exact) mass is 452 g/mol. The van der Waals surface area contributed by atoms with E-state index in [4.69, 9.17) is 4.74 Å². The Morgan fingerprint density at radius 1 is 1.20 bits per heavy atom. The van der Waals surface area contributed by atoms with Crippen LogP contribution in [0.3, 0.4) is 0 Å². The van der Waals surface area contributed by atoms with E-state index < -0.39 is 18.4 Å². The van der Waals surface area contributed by atoms with Crippen LogP contribution >= 0.6 is 22.7 Å². The van der Waals surface area contributed by atoms with Crippen molar-refractivity contribution in [1.29, 1.82) is 0 Å². The molecule has 0 radical (unpaired) electrons. The van der Waals surface area contributed by atoms with Crippen molar-refractivity contribution in [1.82, 2.24) is 20.2 Å². The number of nitrogens with zero attached hydrogens (tertiary/aromatic N) is 3. The third-order valence-electron chi connectivity index (χ3n) is 4.28. The maximum Gasteiger partial charge on any atom is 0.318 e. The number of carbonyl (C=O) groups excluding carboxylic acids is 3. The van der Waals surface area contributed by atoms with Crippen molar-refractivity contribution in [2.45, 2.75) is 59.2 Å². The Hall–Kier alpha value is -2.33. The number of hydrogen-bond donors (Lipinski definition) is 1. The minimum absolute atomic E-state index is 0.0875. The van der Waals surface area contributed by atoms with Gasteiger partial charge in [-0.15, -0.1) is 22.7 Å². The number of urea groups is 1. The van der Waals surface area contributed by atoms with Crippen LogP contribution in [0, 0.1) is 5.92 Å². The second kappa shape index (κ2) is 11.2. The van der Waals surface area contributed by atoms with E-state index in [9.17, 15) is 14.4 Å². The summed E-state index contributed by atoms with van der Waals surface area (Å²) in [6.45, 7) is 8.21. The van der Waals surface area contributed by atoms with Gasteiger partial charge in [-0.25, -0.2) is 9.78 Å². The van der Waals surface area contributed by atoms with Crippen LogP contribution in [-0.4, -0.2) is 45.7 Å². The quantitative estimate of drug-likeness (QED) is 0.437. The minimum Gasteiger partial charge on any atom is -0.460 e.